The topological polar surface area (TPSA) is 75.4 Å². The molecule has 0 spiro atoms. The van der Waals surface area contributed by atoms with Crippen molar-refractivity contribution in [2.24, 2.45) is 5.41 Å². The van der Waals surface area contributed by atoms with Crippen molar-refractivity contribution in [2.75, 3.05) is 6.54 Å². The summed E-state index contributed by atoms with van der Waals surface area (Å²) in [5.41, 5.74) is -0.494. The molecule has 1 fully saturated rings. The molecule has 1 aliphatic rings. The van der Waals surface area contributed by atoms with Gasteiger partial charge in [0, 0.05) is 12.6 Å². The van der Waals surface area contributed by atoms with Crippen molar-refractivity contribution in [3.05, 3.63) is 18.0 Å². The van der Waals surface area contributed by atoms with E-state index in [0.717, 1.165) is 25.7 Å². The molecule has 2 N–H and O–H groups in total. The molecule has 18 heavy (non-hydrogen) atoms. The lowest BCUT2D eigenvalue weighted by molar-refractivity contribution is -0.0234. The molecule has 2 rings (SSSR count). The highest BCUT2D eigenvalue weighted by atomic mass is 16.5. The molecule has 0 saturated heterocycles. The van der Waals surface area contributed by atoms with Gasteiger partial charge in [-0.05, 0) is 31.1 Å². The van der Waals surface area contributed by atoms with Crippen molar-refractivity contribution in [1.82, 2.24) is 10.5 Å². The van der Waals surface area contributed by atoms with E-state index in [1.54, 1.807) is 0 Å². The SMILES string of the molecule is CC1(C)CCC(O)(CNC(=O)c2ccno2)CC1. The Bertz CT molecular complexity index is 402. The van der Waals surface area contributed by atoms with Gasteiger partial charge in [-0.2, -0.15) is 0 Å². The van der Waals surface area contributed by atoms with Crippen molar-refractivity contribution < 1.29 is 14.4 Å². The van der Waals surface area contributed by atoms with E-state index in [-0.39, 0.29) is 18.2 Å². The number of nitrogens with one attached hydrogen (secondary N) is 1. The molecule has 1 saturated carbocycles. The molecule has 1 aromatic heterocycles. The van der Waals surface area contributed by atoms with Crippen LogP contribution in [-0.2, 0) is 0 Å². The quantitative estimate of drug-likeness (QED) is 0.859. The number of hydrogen-bond acceptors (Lipinski definition) is 4. The van der Waals surface area contributed by atoms with Crippen LogP contribution in [0.3, 0.4) is 0 Å². The third-order valence-electron chi connectivity index (χ3n) is 3.77. The first kappa shape index (κ1) is 13.1. The Balaban J connectivity index is 1.85. The molecule has 1 aliphatic carbocycles. The number of aliphatic hydroxyl groups is 1. The first-order valence-corrected chi connectivity index (χ1v) is 6.32. The second-order valence-corrected chi connectivity index (χ2v) is 5.95. The van der Waals surface area contributed by atoms with E-state index in [2.05, 4.69) is 24.3 Å². The first-order valence-electron chi connectivity index (χ1n) is 6.32. The molecule has 5 nitrogen and oxygen atoms in total. The van der Waals surface area contributed by atoms with Crippen molar-refractivity contribution in [3.63, 3.8) is 0 Å². The standard InChI is InChI=1S/C13H20N2O3/c1-12(2)4-6-13(17,7-5-12)9-14-11(16)10-3-8-15-18-10/h3,8,17H,4-7,9H2,1-2H3,(H,14,16). The van der Waals surface area contributed by atoms with Gasteiger partial charge in [0.2, 0.25) is 5.76 Å². The summed E-state index contributed by atoms with van der Waals surface area (Å²) in [6.45, 7) is 4.68. The largest absolute Gasteiger partial charge is 0.388 e. The number of carbonyl (C=O) groups excluding carboxylic acids is 1. The molecule has 0 unspecified atom stereocenters. The zero-order valence-electron chi connectivity index (χ0n) is 10.9. The van der Waals surface area contributed by atoms with E-state index in [9.17, 15) is 9.90 Å². The van der Waals surface area contributed by atoms with Gasteiger partial charge in [0.25, 0.3) is 5.91 Å². The summed E-state index contributed by atoms with van der Waals surface area (Å²) in [6, 6.07) is 1.50. The van der Waals surface area contributed by atoms with Crippen LogP contribution in [0.4, 0.5) is 0 Å². The molecule has 0 aromatic carbocycles. The molecule has 0 aliphatic heterocycles. The van der Waals surface area contributed by atoms with Crippen molar-refractivity contribution in [3.8, 4) is 0 Å². The fraction of sp³-hybridized carbons (Fsp3) is 0.692. The Kier molecular flexibility index (Phi) is 3.43. The fourth-order valence-corrected chi connectivity index (χ4v) is 2.23. The highest BCUT2D eigenvalue weighted by Crippen LogP contribution is 2.39. The number of amides is 1. The summed E-state index contributed by atoms with van der Waals surface area (Å²) in [6.07, 6.45) is 4.81. The van der Waals surface area contributed by atoms with Gasteiger partial charge in [-0.1, -0.05) is 19.0 Å². The maximum absolute atomic E-state index is 11.7. The average molecular weight is 252 g/mol. The van der Waals surface area contributed by atoms with Gasteiger partial charge in [-0.15, -0.1) is 0 Å². The van der Waals surface area contributed by atoms with Crippen LogP contribution in [0.25, 0.3) is 0 Å². The van der Waals surface area contributed by atoms with Crippen LogP contribution in [-0.4, -0.2) is 28.3 Å². The van der Waals surface area contributed by atoms with Gasteiger partial charge >= 0.3 is 0 Å². The lowest BCUT2D eigenvalue weighted by Crippen LogP contribution is -2.46. The maximum atomic E-state index is 11.7. The normalized spacial score (nSPS) is 21.5. The summed E-state index contributed by atoms with van der Waals surface area (Å²) in [5, 5.41) is 16.6. The number of carbonyl (C=O) groups is 1. The van der Waals surface area contributed by atoms with Crippen LogP contribution in [0.15, 0.2) is 16.8 Å². The molecule has 1 amide bonds. The molecule has 0 bridgehead atoms. The summed E-state index contributed by atoms with van der Waals surface area (Å²) >= 11 is 0. The lowest BCUT2D eigenvalue weighted by atomic mass is 9.71. The van der Waals surface area contributed by atoms with E-state index in [4.69, 9.17) is 4.52 Å². The van der Waals surface area contributed by atoms with Gasteiger partial charge in [0.15, 0.2) is 0 Å². The van der Waals surface area contributed by atoms with Crippen molar-refractivity contribution in [1.29, 1.82) is 0 Å². The van der Waals surface area contributed by atoms with E-state index < -0.39 is 5.60 Å². The highest BCUT2D eigenvalue weighted by Gasteiger charge is 2.36. The van der Waals surface area contributed by atoms with Crippen molar-refractivity contribution in [2.45, 2.75) is 45.1 Å². The highest BCUT2D eigenvalue weighted by molar-refractivity contribution is 5.91. The van der Waals surface area contributed by atoms with E-state index >= 15 is 0 Å². The minimum Gasteiger partial charge on any atom is -0.388 e. The Morgan fingerprint density at radius 1 is 1.44 bits per heavy atom. The smallest absolute Gasteiger partial charge is 0.289 e. The molecule has 5 heteroatoms. The van der Waals surface area contributed by atoms with E-state index in [1.807, 2.05) is 0 Å². The van der Waals surface area contributed by atoms with Gasteiger partial charge in [0.1, 0.15) is 0 Å². The minimum absolute atomic E-state index is 0.176. The van der Waals surface area contributed by atoms with Gasteiger partial charge in [-0.3, -0.25) is 4.79 Å². The number of aromatic nitrogens is 1. The number of hydrogen-bond donors (Lipinski definition) is 2. The Morgan fingerprint density at radius 3 is 2.67 bits per heavy atom. The molecule has 0 atom stereocenters. The Morgan fingerprint density at radius 2 is 2.11 bits per heavy atom. The van der Waals surface area contributed by atoms with Crippen LogP contribution in [0.1, 0.15) is 50.1 Å². The second kappa shape index (κ2) is 4.72. The molecule has 1 heterocycles. The van der Waals surface area contributed by atoms with Gasteiger partial charge in [-0.25, -0.2) is 0 Å². The van der Waals surface area contributed by atoms with Crippen LogP contribution in [0.5, 0.6) is 0 Å². The zero-order valence-corrected chi connectivity index (χ0v) is 10.9. The number of nitrogens with zero attached hydrogens (tertiary/aromatic N) is 1. The molecule has 100 valence electrons. The summed E-state index contributed by atoms with van der Waals surface area (Å²) in [5.74, 6) is -0.152. The maximum Gasteiger partial charge on any atom is 0.289 e. The predicted molar refractivity (Wildman–Crippen MR) is 66.0 cm³/mol. The summed E-state index contributed by atoms with van der Waals surface area (Å²) in [7, 11) is 0. The van der Waals surface area contributed by atoms with E-state index in [1.165, 1.54) is 12.3 Å². The lowest BCUT2D eigenvalue weighted by Gasteiger charge is -2.40. The zero-order chi connectivity index (χ0) is 13.2. The second-order valence-electron chi connectivity index (χ2n) is 5.95. The van der Waals surface area contributed by atoms with Gasteiger partial charge < -0.3 is 14.9 Å². The summed E-state index contributed by atoms with van der Waals surface area (Å²) < 4.78 is 4.76. The minimum atomic E-state index is -0.787. The third-order valence-corrected chi connectivity index (χ3v) is 3.77. The Labute approximate surface area is 107 Å². The molecule has 0 radical (unpaired) electrons. The summed E-state index contributed by atoms with van der Waals surface area (Å²) in [4.78, 5) is 11.7. The van der Waals surface area contributed by atoms with Crippen LogP contribution >= 0.6 is 0 Å². The van der Waals surface area contributed by atoms with Crippen LogP contribution in [0.2, 0.25) is 0 Å². The van der Waals surface area contributed by atoms with E-state index in [0.29, 0.717) is 5.41 Å². The number of rotatable bonds is 3. The Hall–Kier alpha value is -1.36. The fourth-order valence-electron chi connectivity index (χ4n) is 2.23. The van der Waals surface area contributed by atoms with Crippen LogP contribution < -0.4 is 5.32 Å². The average Bonchev–Trinajstić information content (AvgIpc) is 2.85. The van der Waals surface area contributed by atoms with Gasteiger partial charge in [0.05, 0.1) is 11.8 Å². The third kappa shape index (κ3) is 3.10. The molecule has 1 aromatic rings. The molecular weight excluding hydrogens is 232 g/mol. The monoisotopic (exact) mass is 252 g/mol. The first-order chi connectivity index (χ1) is 8.40. The van der Waals surface area contributed by atoms with Crippen LogP contribution in [0, 0.1) is 5.41 Å². The predicted octanol–water partition coefficient (Wildman–Crippen LogP) is 1.74. The van der Waals surface area contributed by atoms with Crippen molar-refractivity contribution >= 4 is 5.91 Å². The molecular formula is C13H20N2O3.